The molecule has 2 aromatic carbocycles. The summed E-state index contributed by atoms with van der Waals surface area (Å²) >= 11 is 0. The minimum Gasteiger partial charge on any atom is -0.507 e. The first-order valence-electron chi connectivity index (χ1n) is 9.72. The molecule has 132 valence electrons. The number of fused-ring (bicyclic) bond motifs is 3. The lowest BCUT2D eigenvalue weighted by atomic mass is 9.92. The second-order valence-corrected chi connectivity index (χ2v) is 7.86. The van der Waals surface area contributed by atoms with Crippen LogP contribution < -0.4 is 0 Å². The maximum absolute atomic E-state index is 10.6. The topological polar surface area (TPSA) is 23.5 Å². The van der Waals surface area contributed by atoms with Gasteiger partial charge in [0.05, 0.1) is 0 Å². The third kappa shape index (κ3) is 2.67. The van der Waals surface area contributed by atoms with E-state index in [2.05, 4.69) is 55.1 Å². The molecule has 0 heterocycles. The Morgan fingerprint density at radius 3 is 2.60 bits per heavy atom. The van der Waals surface area contributed by atoms with Crippen molar-refractivity contribution >= 4 is 0 Å². The summed E-state index contributed by atoms with van der Waals surface area (Å²) in [5.74, 6) is 1.89. The van der Waals surface area contributed by atoms with Crippen LogP contribution in [-0.2, 0) is 6.54 Å². The second-order valence-electron chi connectivity index (χ2n) is 7.86. The number of phenolic OH excluding ortho intramolecular Hbond substituents is 1. The standard InChI is InChI=1S/C23H29NO/c1-4-24(14-17-9-6-5-7-10-17)22-19-12-8-11-18(19)20-13-15(2)23(25)16(3)21(20)22/h5-7,9-10,13,18-19,22,25H,4,8,11-12,14H2,1-3H3/t18-,19+,22?/m1/s1. The number of aryl methyl sites for hydroxylation is 1. The van der Waals surface area contributed by atoms with Crippen LogP contribution in [0.15, 0.2) is 36.4 Å². The highest BCUT2D eigenvalue weighted by Gasteiger charge is 2.46. The Balaban J connectivity index is 1.77. The monoisotopic (exact) mass is 335 g/mol. The molecule has 4 rings (SSSR count). The SMILES string of the molecule is CCN(Cc1ccccc1)C1c2c(cc(C)c(O)c2C)[C@@H]2CCC[C@H]12. The maximum Gasteiger partial charge on any atom is 0.121 e. The fourth-order valence-corrected chi connectivity index (χ4v) is 5.36. The van der Waals surface area contributed by atoms with E-state index in [-0.39, 0.29) is 0 Å². The summed E-state index contributed by atoms with van der Waals surface area (Å²) in [5.41, 5.74) is 6.47. The van der Waals surface area contributed by atoms with Crippen molar-refractivity contribution in [2.75, 3.05) is 6.54 Å². The first-order chi connectivity index (χ1) is 12.1. The summed E-state index contributed by atoms with van der Waals surface area (Å²) in [7, 11) is 0. The van der Waals surface area contributed by atoms with Crippen molar-refractivity contribution in [2.45, 2.75) is 58.5 Å². The van der Waals surface area contributed by atoms with Gasteiger partial charge in [-0.3, -0.25) is 4.90 Å². The Hall–Kier alpha value is -1.80. The number of hydrogen-bond donors (Lipinski definition) is 1. The Kier molecular flexibility index (Phi) is 4.33. The highest BCUT2D eigenvalue weighted by molar-refractivity contribution is 5.54. The lowest BCUT2D eigenvalue weighted by molar-refractivity contribution is 0.147. The second kappa shape index (κ2) is 6.49. The molecule has 2 nitrogen and oxygen atoms in total. The van der Waals surface area contributed by atoms with E-state index in [9.17, 15) is 5.11 Å². The Bertz CT molecular complexity index is 767. The van der Waals surface area contributed by atoms with Gasteiger partial charge in [-0.25, -0.2) is 0 Å². The van der Waals surface area contributed by atoms with E-state index in [1.807, 2.05) is 6.92 Å². The van der Waals surface area contributed by atoms with Gasteiger partial charge < -0.3 is 5.11 Å². The van der Waals surface area contributed by atoms with E-state index in [0.29, 0.717) is 23.6 Å². The minimum absolute atomic E-state index is 0.444. The Morgan fingerprint density at radius 2 is 1.88 bits per heavy atom. The van der Waals surface area contributed by atoms with Gasteiger partial charge in [0.25, 0.3) is 0 Å². The molecule has 25 heavy (non-hydrogen) atoms. The van der Waals surface area contributed by atoms with Crippen LogP contribution in [0.5, 0.6) is 5.75 Å². The molecular weight excluding hydrogens is 306 g/mol. The van der Waals surface area contributed by atoms with Gasteiger partial charge in [0.1, 0.15) is 5.75 Å². The predicted octanol–water partition coefficient (Wildman–Crippen LogP) is 5.47. The average Bonchev–Trinajstić information content (AvgIpc) is 3.20. The maximum atomic E-state index is 10.6. The molecule has 2 heteroatoms. The van der Waals surface area contributed by atoms with Gasteiger partial charge in [-0.05, 0) is 72.9 Å². The third-order valence-corrected chi connectivity index (χ3v) is 6.51. The molecule has 0 radical (unpaired) electrons. The zero-order valence-electron chi connectivity index (χ0n) is 15.6. The third-order valence-electron chi connectivity index (χ3n) is 6.51. The van der Waals surface area contributed by atoms with Gasteiger partial charge in [0, 0.05) is 12.6 Å². The van der Waals surface area contributed by atoms with Crippen molar-refractivity contribution in [1.82, 2.24) is 4.90 Å². The molecule has 2 aliphatic rings. The predicted molar refractivity (Wildman–Crippen MR) is 103 cm³/mol. The summed E-state index contributed by atoms with van der Waals surface area (Å²) < 4.78 is 0. The summed E-state index contributed by atoms with van der Waals surface area (Å²) in [6.07, 6.45) is 3.96. The van der Waals surface area contributed by atoms with E-state index in [0.717, 1.165) is 24.2 Å². The molecule has 1 saturated carbocycles. The molecule has 3 atom stereocenters. The van der Waals surface area contributed by atoms with E-state index >= 15 is 0 Å². The first kappa shape index (κ1) is 16.7. The molecular formula is C23H29NO. The number of hydrogen-bond acceptors (Lipinski definition) is 2. The van der Waals surface area contributed by atoms with Crippen molar-refractivity contribution in [3.05, 3.63) is 64.2 Å². The quantitative estimate of drug-likeness (QED) is 0.801. The van der Waals surface area contributed by atoms with Crippen LogP contribution in [0.25, 0.3) is 0 Å². The number of rotatable bonds is 4. The van der Waals surface area contributed by atoms with E-state index < -0.39 is 0 Å². The molecule has 0 amide bonds. The minimum atomic E-state index is 0.444. The number of aromatic hydroxyl groups is 1. The van der Waals surface area contributed by atoms with Crippen LogP contribution in [0.3, 0.4) is 0 Å². The van der Waals surface area contributed by atoms with Crippen molar-refractivity contribution in [3.8, 4) is 5.75 Å². The average molecular weight is 335 g/mol. The highest BCUT2D eigenvalue weighted by Crippen LogP contribution is 2.58. The summed E-state index contributed by atoms with van der Waals surface area (Å²) in [5, 5.41) is 10.6. The molecule has 2 aromatic rings. The van der Waals surface area contributed by atoms with Gasteiger partial charge in [-0.2, -0.15) is 0 Å². The van der Waals surface area contributed by atoms with Crippen LogP contribution in [0, 0.1) is 19.8 Å². The van der Waals surface area contributed by atoms with Crippen molar-refractivity contribution < 1.29 is 5.11 Å². The fourth-order valence-electron chi connectivity index (χ4n) is 5.36. The van der Waals surface area contributed by atoms with Gasteiger partial charge in [0.2, 0.25) is 0 Å². The summed E-state index contributed by atoms with van der Waals surface area (Å²) in [6.45, 7) is 8.45. The van der Waals surface area contributed by atoms with Gasteiger partial charge in [-0.1, -0.05) is 49.7 Å². The molecule has 1 fully saturated rings. The molecule has 0 bridgehead atoms. The molecule has 0 spiro atoms. The van der Waals surface area contributed by atoms with E-state index in [1.54, 1.807) is 0 Å². The highest BCUT2D eigenvalue weighted by atomic mass is 16.3. The molecule has 1 unspecified atom stereocenters. The van der Waals surface area contributed by atoms with Gasteiger partial charge in [-0.15, -0.1) is 0 Å². The molecule has 2 aliphatic carbocycles. The van der Waals surface area contributed by atoms with Crippen LogP contribution in [0.2, 0.25) is 0 Å². The zero-order chi connectivity index (χ0) is 17.6. The van der Waals surface area contributed by atoms with Gasteiger partial charge in [0.15, 0.2) is 0 Å². The normalized spacial score (nSPS) is 24.6. The molecule has 0 aliphatic heterocycles. The first-order valence-corrected chi connectivity index (χ1v) is 9.72. The Morgan fingerprint density at radius 1 is 1.12 bits per heavy atom. The smallest absolute Gasteiger partial charge is 0.121 e. The fraction of sp³-hybridized carbons (Fsp3) is 0.478. The van der Waals surface area contributed by atoms with Crippen molar-refractivity contribution in [2.24, 2.45) is 5.92 Å². The van der Waals surface area contributed by atoms with Crippen molar-refractivity contribution in [3.63, 3.8) is 0 Å². The largest absolute Gasteiger partial charge is 0.507 e. The molecule has 1 N–H and O–H groups in total. The number of benzene rings is 2. The number of nitrogens with zero attached hydrogens (tertiary/aromatic N) is 1. The van der Waals surface area contributed by atoms with E-state index in [4.69, 9.17) is 0 Å². The Labute approximate surface area is 151 Å². The van der Waals surface area contributed by atoms with Crippen LogP contribution in [0.1, 0.15) is 66.0 Å². The van der Waals surface area contributed by atoms with Crippen LogP contribution in [-0.4, -0.2) is 16.6 Å². The number of phenols is 1. The van der Waals surface area contributed by atoms with Gasteiger partial charge >= 0.3 is 0 Å². The molecule has 0 aromatic heterocycles. The van der Waals surface area contributed by atoms with E-state index in [1.165, 1.54) is 36.0 Å². The van der Waals surface area contributed by atoms with Crippen LogP contribution in [0.4, 0.5) is 0 Å². The lowest BCUT2D eigenvalue weighted by Gasteiger charge is -2.33. The summed E-state index contributed by atoms with van der Waals surface area (Å²) in [6, 6.07) is 13.5. The summed E-state index contributed by atoms with van der Waals surface area (Å²) in [4.78, 5) is 2.63. The zero-order valence-corrected chi connectivity index (χ0v) is 15.6. The molecule has 0 saturated heterocycles. The lowest BCUT2D eigenvalue weighted by Crippen LogP contribution is -2.31. The van der Waals surface area contributed by atoms with Crippen molar-refractivity contribution in [1.29, 1.82) is 0 Å². The van der Waals surface area contributed by atoms with Crippen LogP contribution >= 0.6 is 0 Å².